The van der Waals surface area contributed by atoms with Crippen molar-refractivity contribution in [1.82, 2.24) is 9.78 Å². The molecule has 33 heavy (non-hydrogen) atoms. The van der Waals surface area contributed by atoms with Gasteiger partial charge in [0.05, 0.1) is 11.4 Å². The van der Waals surface area contributed by atoms with E-state index in [1.165, 1.54) is 17.7 Å². The van der Waals surface area contributed by atoms with Crippen LogP contribution < -0.4 is 4.74 Å². The molecular formula is C27H25FN2O3. The minimum atomic E-state index is -1.05. The molecule has 0 aliphatic rings. The zero-order chi connectivity index (χ0) is 23.4. The third-order valence-corrected chi connectivity index (χ3v) is 5.39. The molecule has 1 aromatic heterocycles. The summed E-state index contributed by atoms with van der Waals surface area (Å²) in [5.41, 5.74) is 5.88. The molecule has 0 unspecified atom stereocenters. The van der Waals surface area contributed by atoms with Gasteiger partial charge >= 0.3 is 5.97 Å². The first kappa shape index (κ1) is 22.3. The number of benzene rings is 3. The Morgan fingerprint density at radius 1 is 1.03 bits per heavy atom. The average Bonchev–Trinajstić information content (AvgIpc) is 3.21. The van der Waals surface area contributed by atoms with Gasteiger partial charge in [0.15, 0.2) is 6.61 Å². The van der Waals surface area contributed by atoms with E-state index in [0.29, 0.717) is 23.6 Å². The van der Waals surface area contributed by atoms with Crippen molar-refractivity contribution in [3.05, 3.63) is 95.3 Å². The average molecular weight is 445 g/mol. The van der Waals surface area contributed by atoms with Crippen LogP contribution in [-0.2, 0) is 17.8 Å². The molecule has 6 heteroatoms. The first-order valence-corrected chi connectivity index (χ1v) is 10.7. The number of aliphatic carboxylic acids is 1. The van der Waals surface area contributed by atoms with Crippen LogP contribution in [0.15, 0.2) is 72.8 Å². The maximum atomic E-state index is 14.0. The van der Waals surface area contributed by atoms with Gasteiger partial charge in [0, 0.05) is 17.7 Å². The van der Waals surface area contributed by atoms with Crippen molar-refractivity contribution >= 4 is 5.97 Å². The van der Waals surface area contributed by atoms with E-state index in [0.717, 1.165) is 28.8 Å². The van der Waals surface area contributed by atoms with Crippen LogP contribution in [0, 0.1) is 19.7 Å². The quantitative estimate of drug-likeness (QED) is 0.380. The molecule has 0 fully saturated rings. The van der Waals surface area contributed by atoms with E-state index in [1.807, 2.05) is 61.0 Å². The number of rotatable bonds is 8. The number of hydrogen-bond donors (Lipinski definition) is 1. The van der Waals surface area contributed by atoms with Crippen molar-refractivity contribution in [3.63, 3.8) is 0 Å². The molecule has 0 saturated heterocycles. The topological polar surface area (TPSA) is 64.3 Å². The van der Waals surface area contributed by atoms with Gasteiger partial charge in [-0.05, 0) is 61.2 Å². The first-order valence-electron chi connectivity index (χ1n) is 10.7. The van der Waals surface area contributed by atoms with E-state index in [-0.39, 0.29) is 5.82 Å². The molecule has 1 heterocycles. The fourth-order valence-corrected chi connectivity index (χ4v) is 3.95. The van der Waals surface area contributed by atoms with Gasteiger partial charge in [-0.1, -0.05) is 48.5 Å². The van der Waals surface area contributed by atoms with Crippen LogP contribution in [0.4, 0.5) is 4.39 Å². The van der Waals surface area contributed by atoms with E-state index < -0.39 is 12.6 Å². The van der Waals surface area contributed by atoms with Gasteiger partial charge in [-0.2, -0.15) is 5.10 Å². The Bertz CT molecular complexity index is 1280. The number of ether oxygens (including phenoxy) is 1. The Balaban J connectivity index is 1.79. The zero-order valence-electron chi connectivity index (χ0n) is 18.6. The molecular weight excluding hydrogens is 419 g/mol. The first-order chi connectivity index (χ1) is 15.9. The Kier molecular flexibility index (Phi) is 6.54. The van der Waals surface area contributed by atoms with Crippen LogP contribution in [0.1, 0.15) is 16.7 Å². The number of aromatic nitrogens is 2. The lowest BCUT2D eigenvalue weighted by molar-refractivity contribution is -0.139. The summed E-state index contributed by atoms with van der Waals surface area (Å²) in [6, 6.07) is 22.3. The molecule has 1 N–H and O–H groups in total. The van der Waals surface area contributed by atoms with Crippen LogP contribution in [-0.4, -0.2) is 27.5 Å². The summed E-state index contributed by atoms with van der Waals surface area (Å²) in [6.07, 6.45) is 0.763. The minimum absolute atomic E-state index is 0.318. The molecule has 0 atom stereocenters. The summed E-state index contributed by atoms with van der Waals surface area (Å²) >= 11 is 0. The molecule has 4 rings (SSSR count). The number of aryl methyl sites for hydroxylation is 4. The smallest absolute Gasteiger partial charge is 0.341 e. The third kappa shape index (κ3) is 5.29. The predicted octanol–water partition coefficient (Wildman–Crippen LogP) is 5.68. The number of hydrogen-bond acceptors (Lipinski definition) is 3. The van der Waals surface area contributed by atoms with Gasteiger partial charge in [-0.25, -0.2) is 9.18 Å². The maximum absolute atomic E-state index is 14.0. The summed E-state index contributed by atoms with van der Waals surface area (Å²) in [4.78, 5) is 11.1. The van der Waals surface area contributed by atoms with Crippen molar-refractivity contribution in [1.29, 1.82) is 0 Å². The van der Waals surface area contributed by atoms with Crippen LogP contribution in [0.2, 0.25) is 0 Å². The van der Waals surface area contributed by atoms with Crippen LogP contribution >= 0.6 is 0 Å². The number of halogens is 1. The second-order valence-corrected chi connectivity index (χ2v) is 8.02. The van der Waals surface area contributed by atoms with Crippen molar-refractivity contribution in [2.75, 3.05) is 6.61 Å². The lowest BCUT2D eigenvalue weighted by Crippen LogP contribution is -2.11. The summed E-state index contributed by atoms with van der Waals surface area (Å²) in [5, 5.41) is 13.9. The second-order valence-electron chi connectivity index (χ2n) is 8.02. The molecule has 0 saturated carbocycles. The second kappa shape index (κ2) is 9.69. The highest BCUT2D eigenvalue weighted by Crippen LogP contribution is 2.36. The summed E-state index contributed by atoms with van der Waals surface area (Å²) < 4.78 is 21.5. The van der Waals surface area contributed by atoms with Crippen molar-refractivity contribution in [2.45, 2.75) is 26.8 Å². The molecule has 0 bridgehead atoms. The van der Waals surface area contributed by atoms with Crippen molar-refractivity contribution in [3.8, 4) is 28.3 Å². The Morgan fingerprint density at radius 3 is 2.55 bits per heavy atom. The summed E-state index contributed by atoms with van der Waals surface area (Å²) in [7, 11) is 0. The standard InChI is InChI=1S/C27H25FN2O3/c1-18-13-19(2)27(33-17-26(31)32)23(14-18)24-16-25(21-9-6-10-22(28)15-21)30(29-24)12-11-20-7-4-3-5-8-20/h3-10,13-16H,11-12,17H2,1-2H3,(H,31,32). The van der Waals surface area contributed by atoms with Gasteiger partial charge in [-0.15, -0.1) is 0 Å². The Morgan fingerprint density at radius 2 is 1.82 bits per heavy atom. The third-order valence-electron chi connectivity index (χ3n) is 5.39. The summed E-state index contributed by atoms with van der Waals surface area (Å²) in [6.45, 7) is 4.01. The largest absolute Gasteiger partial charge is 0.481 e. The van der Waals surface area contributed by atoms with E-state index in [4.69, 9.17) is 14.9 Å². The number of carboxylic acid groups (broad SMARTS) is 1. The molecule has 0 spiro atoms. The fraction of sp³-hybridized carbons (Fsp3) is 0.185. The predicted molar refractivity (Wildman–Crippen MR) is 126 cm³/mol. The van der Waals surface area contributed by atoms with Gasteiger partial charge in [0.25, 0.3) is 0 Å². The van der Waals surface area contributed by atoms with Crippen molar-refractivity contribution in [2.24, 2.45) is 0 Å². The molecule has 0 aliphatic heterocycles. The highest BCUT2D eigenvalue weighted by molar-refractivity contribution is 5.75. The van der Waals surface area contributed by atoms with E-state index in [9.17, 15) is 9.18 Å². The molecule has 4 aromatic rings. The van der Waals surface area contributed by atoms with Crippen molar-refractivity contribution < 1.29 is 19.0 Å². The molecule has 0 aliphatic carbocycles. The monoisotopic (exact) mass is 444 g/mol. The zero-order valence-corrected chi connectivity index (χ0v) is 18.6. The molecule has 0 amide bonds. The molecule has 3 aromatic carbocycles. The van der Waals surface area contributed by atoms with Gasteiger partial charge in [-0.3, -0.25) is 4.68 Å². The normalized spacial score (nSPS) is 10.9. The van der Waals surface area contributed by atoms with E-state index in [1.54, 1.807) is 6.07 Å². The highest BCUT2D eigenvalue weighted by atomic mass is 19.1. The number of carboxylic acids is 1. The summed E-state index contributed by atoms with van der Waals surface area (Å²) in [5.74, 6) is -0.877. The van der Waals surface area contributed by atoms with E-state index >= 15 is 0 Å². The van der Waals surface area contributed by atoms with Crippen LogP contribution in [0.3, 0.4) is 0 Å². The van der Waals surface area contributed by atoms with Gasteiger partial charge in [0.2, 0.25) is 0 Å². The molecule has 5 nitrogen and oxygen atoms in total. The maximum Gasteiger partial charge on any atom is 0.341 e. The minimum Gasteiger partial charge on any atom is -0.481 e. The van der Waals surface area contributed by atoms with Crippen LogP contribution in [0.25, 0.3) is 22.5 Å². The lowest BCUT2D eigenvalue weighted by Gasteiger charge is -2.13. The van der Waals surface area contributed by atoms with Crippen LogP contribution in [0.5, 0.6) is 5.75 Å². The molecule has 0 radical (unpaired) electrons. The van der Waals surface area contributed by atoms with Gasteiger partial charge < -0.3 is 9.84 Å². The molecule has 168 valence electrons. The SMILES string of the molecule is Cc1cc(C)c(OCC(=O)O)c(-c2cc(-c3cccc(F)c3)n(CCc3ccccc3)n2)c1. The lowest BCUT2D eigenvalue weighted by atomic mass is 10.0. The number of carbonyl (C=O) groups is 1. The van der Waals surface area contributed by atoms with E-state index in [2.05, 4.69) is 12.1 Å². The number of nitrogens with zero attached hydrogens (tertiary/aromatic N) is 2. The van der Waals surface area contributed by atoms with Gasteiger partial charge in [0.1, 0.15) is 11.6 Å². The Hall–Kier alpha value is -3.93. The Labute approximate surface area is 192 Å². The highest BCUT2D eigenvalue weighted by Gasteiger charge is 2.18. The fourth-order valence-electron chi connectivity index (χ4n) is 3.95.